The number of nitrogens with two attached hydrogens (primary N) is 1. The van der Waals surface area contributed by atoms with Crippen LogP contribution >= 0.6 is 0 Å². The van der Waals surface area contributed by atoms with Crippen LogP contribution in [-0.2, 0) is 0 Å². The third-order valence-electron chi connectivity index (χ3n) is 4.32. The molecule has 6 heteroatoms. The Labute approximate surface area is 123 Å². The van der Waals surface area contributed by atoms with Gasteiger partial charge in [-0.25, -0.2) is 8.78 Å². The first-order chi connectivity index (χ1) is 9.95. The van der Waals surface area contributed by atoms with Crippen LogP contribution in [-0.4, -0.2) is 23.9 Å². The molecule has 0 radical (unpaired) electrons. The zero-order chi connectivity index (χ0) is 15.6. The summed E-state index contributed by atoms with van der Waals surface area (Å²) in [6, 6.07) is 2.15. The Bertz CT molecular complexity index is 513. The minimum absolute atomic E-state index is 0.00396. The lowest BCUT2D eigenvalue weighted by Gasteiger charge is -2.36. The van der Waals surface area contributed by atoms with Gasteiger partial charge in [0.2, 0.25) is 0 Å². The van der Waals surface area contributed by atoms with Crippen molar-refractivity contribution in [1.29, 1.82) is 0 Å². The first kappa shape index (κ1) is 15.7. The number of nitrogens with zero attached hydrogens (tertiary/aromatic N) is 1. The van der Waals surface area contributed by atoms with Gasteiger partial charge in [-0.3, -0.25) is 10.6 Å². The normalized spacial score (nSPS) is 22.0. The number of hydrogen-bond donors (Lipinski definition) is 2. The van der Waals surface area contributed by atoms with E-state index in [9.17, 15) is 13.6 Å². The third kappa shape index (κ3) is 3.15. The highest BCUT2D eigenvalue weighted by Gasteiger charge is 2.29. The Kier molecular flexibility index (Phi) is 4.77. The molecule has 4 nitrogen and oxygen atoms in total. The van der Waals surface area contributed by atoms with Gasteiger partial charge in [-0.2, -0.15) is 0 Å². The number of anilines is 1. The predicted molar refractivity (Wildman–Crippen MR) is 77.7 cm³/mol. The topological polar surface area (TPSA) is 58.4 Å². The fourth-order valence-corrected chi connectivity index (χ4v) is 3.06. The first-order valence-electron chi connectivity index (χ1n) is 7.18. The third-order valence-corrected chi connectivity index (χ3v) is 4.32. The average molecular weight is 297 g/mol. The largest absolute Gasteiger partial charge is 0.338 e. The second kappa shape index (κ2) is 6.39. The maximum atomic E-state index is 13.7. The number of amides is 1. The number of hydrazine groups is 1. The molecule has 1 fully saturated rings. The summed E-state index contributed by atoms with van der Waals surface area (Å²) in [5.74, 6) is 3.34. The molecule has 0 spiro atoms. The molecular weight excluding hydrogens is 276 g/mol. The van der Waals surface area contributed by atoms with Gasteiger partial charge in [-0.1, -0.05) is 19.8 Å². The van der Waals surface area contributed by atoms with Crippen LogP contribution in [0.3, 0.4) is 0 Å². The van der Waals surface area contributed by atoms with Crippen molar-refractivity contribution in [3.63, 3.8) is 0 Å². The molecule has 1 saturated carbocycles. The summed E-state index contributed by atoms with van der Waals surface area (Å²) in [7, 11) is 1.69. The van der Waals surface area contributed by atoms with Crippen LogP contribution in [0.4, 0.5) is 14.5 Å². The average Bonchev–Trinajstić information content (AvgIpc) is 2.46. The molecular formula is C15H21F2N3O. The van der Waals surface area contributed by atoms with E-state index in [1.54, 1.807) is 11.9 Å². The van der Waals surface area contributed by atoms with Crippen LogP contribution in [0.25, 0.3) is 0 Å². The second-order valence-corrected chi connectivity index (χ2v) is 5.70. The van der Waals surface area contributed by atoms with Gasteiger partial charge >= 0.3 is 0 Å². The highest BCUT2D eigenvalue weighted by Crippen LogP contribution is 2.29. The SMILES string of the molecule is CC1CCCCC1N(C)C(=O)c1cc(F)c(NN)c(F)c1. The van der Waals surface area contributed by atoms with Gasteiger partial charge in [0.15, 0.2) is 11.6 Å². The number of nitrogen functional groups attached to an aromatic ring is 1. The van der Waals surface area contributed by atoms with Crippen molar-refractivity contribution in [1.82, 2.24) is 4.90 Å². The van der Waals surface area contributed by atoms with Crippen LogP contribution in [0.2, 0.25) is 0 Å². The van der Waals surface area contributed by atoms with E-state index < -0.39 is 17.3 Å². The molecule has 0 saturated heterocycles. The number of carbonyl (C=O) groups is 1. The van der Waals surface area contributed by atoms with E-state index in [4.69, 9.17) is 5.84 Å². The summed E-state index contributed by atoms with van der Waals surface area (Å²) in [5, 5.41) is 0. The molecule has 1 aromatic carbocycles. The van der Waals surface area contributed by atoms with E-state index in [0.717, 1.165) is 31.4 Å². The van der Waals surface area contributed by atoms with E-state index in [2.05, 4.69) is 6.92 Å². The lowest BCUT2D eigenvalue weighted by molar-refractivity contribution is 0.0628. The minimum atomic E-state index is -0.869. The van der Waals surface area contributed by atoms with Gasteiger partial charge in [0.25, 0.3) is 5.91 Å². The number of halogens is 2. The molecule has 2 rings (SSSR count). The fourth-order valence-electron chi connectivity index (χ4n) is 3.06. The Morgan fingerprint density at radius 1 is 1.29 bits per heavy atom. The second-order valence-electron chi connectivity index (χ2n) is 5.70. The number of nitrogens with one attached hydrogen (secondary N) is 1. The van der Waals surface area contributed by atoms with Gasteiger partial charge in [0.05, 0.1) is 0 Å². The predicted octanol–water partition coefficient (Wildman–Crippen LogP) is 2.90. The first-order valence-corrected chi connectivity index (χ1v) is 7.18. The Balaban J connectivity index is 2.23. The molecule has 2 unspecified atom stereocenters. The smallest absolute Gasteiger partial charge is 0.254 e. The molecule has 21 heavy (non-hydrogen) atoms. The lowest BCUT2D eigenvalue weighted by Crippen LogP contribution is -2.42. The maximum Gasteiger partial charge on any atom is 0.254 e. The van der Waals surface area contributed by atoms with Gasteiger partial charge in [-0.15, -0.1) is 0 Å². The van der Waals surface area contributed by atoms with Gasteiger partial charge in [0.1, 0.15) is 5.69 Å². The molecule has 0 bridgehead atoms. The van der Waals surface area contributed by atoms with Crippen molar-refractivity contribution in [3.05, 3.63) is 29.3 Å². The molecule has 1 aliphatic carbocycles. The van der Waals surface area contributed by atoms with Gasteiger partial charge in [0, 0.05) is 18.7 Å². The van der Waals surface area contributed by atoms with Crippen LogP contribution in [0.5, 0.6) is 0 Å². The van der Waals surface area contributed by atoms with Crippen molar-refractivity contribution in [3.8, 4) is 0 Å². The van der Waals surface area contributed by atoms with Crippen LogP contribution in [0.15, 0.2) is 12.1 Å². The van der Waals surface area contributed by atoms with E-state index in [1.807, 2.05) is 5.43 Å². The highest BCUT2D eigenvalue weighted by atomic mass is 19.1. The van der Waals surface area contributed by atoms with E-state index in [-0.39, 0.29) is 17.5 Å². The van der Waals surface area contributed by atoms with Crippen molar-refractivity contribution >= 4 is 11.6 Å². The van der Waals surface area contributed by atoms with Crippen LogP contribution < -0.4 is 11.3 Å². The zero-order valence-corrected chi connectivity index (χ0v) is 12.3. The number of benzene rings is 1. The quantitative estimate of drug-likeness (QED) is 0.666. The van der Waals surface area contributed by atoms with Crippen molar-refractivity contribution < 1.29 is 13.6 Å². The highest BCUT2D eigenvalue weighted by molar-refractivity contribution is 5.94. The van der Waals surface area contributed by atoms with Crippen molar-refractivity contribution in [2.75, 3.05) is 12.5 Å². The lowest BCUT2D eigenvalue weighted by atomic mass is 9.85. The zero-order valence-electron chi connectivity index (χ0n) is 12.3. The minimum Gasteiger partial charge on any atom is -0.338 e. The molecule has 1 amide bonds. The van der Waals surface area contributed by atoms with Gasteiger partial charge < -0.3 is 10.3 Å². The van der Waals surface area contributed by atoms with Crippen LogP contribution in [0, 0.1) is 17.6 Å². The summed E-state index contributed by atoms with van der Waals surface area (Å²) < 4.78 is 27.4. The Hall–Kier alpha value is -1.69. The van der Waals surface area contributed by atoms with E-state index in [0.29, 0.717) is 5.92 Å². The number of rotatable bonds is 3. The van der Waals surface area contributed by atoms with Gasteiger partial charge in [-0.05, 0) is 30.9 Å². The van der Waals surface area contributed by atoms with E-state index in [1.165, 1.54) is 6.42 Å². The molecule has 116 valence electrons. The molecule has 1 aromatic rings. The van der Waals surface area contributed by atoms with E-state index >= 15 is 0 Å². The number of carbonyl (C=O) groups excluding carboxylic acids is 1. The maximum absolute atomic E-state index is 13.7. The molecule has 2 atom stereocenters. The summed E-state index contributed by atoms with van der Waals surface area (Å²) in [5.41, 5.74) is 1.53. The molecule has 3 N–H and O–H groups in total. The van der Waals surface area contributed by atoms with Crippen LogP contribution in [0.1, 0.15) is 43.0 Å². The summed E-state index contributed by atoms with van der Waals surface area (Å²) in [6.45, 7) is 2.11. The monoisotopic (exact) mass is 297 g/mol. The summed E-state index contributed by atoms with van der Waals surface area (Å²) in [6.07, 6.45) is 4.24. The molecule has 1 aliphatic rings. The summed E-state index contributed by atoms with van der Waals surface area (Å²) >= 11 is 0. The Morgan fingerprint density at radius 3 is 2.38 bits per heavy atom. The molecule has 0 heterocycles. The number of hydrogen-bond acceptors (Lipinski definition) is 3. The standard InChI is InChI=1S/C15H21F2N3O/c1-9-5-3-4-6-13(9)20(2)15(21)10-7-11(16)14(19-18)12(17)8-10/h7-9,13,19H,3-6,18H2,1-2H3. The fraction of sp³-hybridized carbons (Fsp3) is 0.533. The summed E-state index contributed by atoms with van der Waals surface area (Å²) in [4.78, 5) is 14.0. The molecule has 0 aromatic heterocycles. The van der Waals surface area contributed by atoms with Crippen molar-refractivity contribution in [2.45, 2.75) is 38.6 Å². The molecule has 0 aliphatic heterocycles. The van der Waals surface area contributed by atoms with Crippen molar-refractivity contribution in [2.24, 2.45) is 11.8 Å². The Morgan fingerprint density at radius 2 is 1.86 bits per heavy atom.